The minimum absolute atomic E-state index is 0.136. The molecule has 0 spiro atoms. The van der Waals surface area contributed by atoms with Gasteiger partial charge in [-0.25, -0.2) is 4.39 Å². The number of hydrogen-bond acceptors (Lipinski definition) is 3. The van der Waals surface area contributed by atoms with Gasteiger partial charge in [-0.2, -0.15) is 0 Å². The van der Waals surface area contributed by atoms with E-state index in [1.807, 2.05) is 0 Å². The topological polar surface area (TPSA) is 66.6 Å². The van der Waals surface area contributed by atoms with Crippen LogP contribution < -0.4 is 10.6 Å². The first kappa shape index (κ1) is 11.5. The highest BCUT2D eigenvalue weighted by Gasteiger charge is 2.09. The molecule has 1 aromatic rings. The summed E-state index contributed by atoms with van der Waals surface area (Å²) in [6.07, 6.45) is 0. The second kappa shape index (κ2) is 5.31. The average Bonchev–Trinajstić information content (AvgIpc) is 2.17. The van der Waals surface area contributed by atoms with Gasteiger partial charge in [0.05, 0.1) is 0 Å². The van der Waals surface area contributed by atoms with Crippen LogP contribution in [0, 0.1) is 5.82 Å². The molecule has 0 amide bonds. The molecule has 0 fully saturated rings. The zero-order valence-electron chi connectivity index (χ0n) is 8.19. The predicted molar refractivity (Wildman–Crippen MR) is 55.3 cm³/mol. The summed E-state index contributed by atoms with van der Waals surface area (Å²) >= 11 is 0. The van der Waals surface area contributed by atoms with E-state index in [0.29, 0.717) is 18.8 Å². The fraction of sp³-hybridized carbons (Fsp3) is 0.300. The van der Waals surface area contributed by atoms with E-state index in [-0.39, 0.29) is 12.4 Å². The molecule has 1 rings (SSSR count). The van der Waals surface area contributed by atoms with Crippen LogP contribution >= 0.6 is 0 Å². The number of nitrogens with two attached hydrogens (primary N) is 1. The van der Waals surface area contributed by atoms with Crippen LogP contribution in [0.3, 0.4) is 0 Å². The lowest BCUT2D eigenvalue weighted by Gasteiger charge is -2.21. The maximum absolute atomic E-state index is 12.6. The second-order valence-electron chi connectivity index (χ2n) is 3.08. The Balaban J connectivity index is 2.78. The summed E-state index contributed by atoms with van der Waals surface area (Å²) in [7, 11) is 0. The summed E-state index contributed by atoms with van der Waals surface area (Å²) in [5.74, 6) is -1.28. The zero-order chi connectivity index (χ0) is 11.3. The van der Waals surface area contributed by atoms with Gasteiger partial charge < -0.3 is 15.7 Å². The largest absolute Gasteiger partial charge is 0.480 e. The Morgan fingerprint density at radius 2 is 2.00 bits per heavy atom. The number of benzene rings is 1. The van der Waals surface area contributed by atoms with E-state index in [2.05, 4.69) is 0 Å². The number of anilines is 1. The van der Waals surface area contributed by atoms with Crippen LogP contribution in [-0.2, 0) is 4.79 Å². The molecule has 4 nitrogen and oxygen atoms in total. The van der Waals surface area contributed by atoms with E-state index >= 15 is 0 Å². The van der Waals surface area contributed by atoms with Gasteiger partial charge >= 0.3 is 5.97 Å². The fourth-order valence-electron chi connectivity index (χ4n) is 1.27. The number of carbonyl (C=O) groups is 1. The Morgan fingerprint density at radius 3 is 2.47 bits per heavy atom. The van der Waals surface area contributed by atoms with Crippen molar-refractivity contribution in [2.24, 2.45) is 5.73 Å². The molecule has 0 radical (unpaired) electrons. The molecule has 0 saturated heterocycles. The highest BCUT2D eigenvalue weighted by atomic mass is 19.1. The Morgan fingerprint density at radius 1 is 1.40 bits per heavy atom. The minimum Gasteiger partial charge on any atom is -0.480 e. The molecule has 82 valence electrons. The van der Waals surface area contributed by atoms with Gasteiger partial charge in [-0.3, -0.25) is 4.79 Å². The third-order valence-electron chi connectivity index (χ3n) is 1.92. The van der Waals surface area contributed by atoms with Crippen molar-refractivity contribution in [2.45, 2.75) is 0 Å². The molecule has 0 aromatic heterocycles. The first-order valence-electron chi connectivity index (χ1n) is 4.56. The molecular weight excluding hydrogens is 199 g/mol. The van der Waals surface area contributed by atoms with Gasteiger partial charge in [0.1, 0.15) is 12.4 Å². The fourth-order valence-corrected chi connectivity index (χ4v) is 1.27. The lowest BCUT2D eigenvalue weighted by Crippen LogP contribution is -2.34. The second-order valence-corrected chi connectivity index (χ2v) is 3.08. The summed E-state index contributed by atoms with van der Waals surface area (Å²) < 4.78 is 12.6. The van der Waals surface area contributed by atoms with Gasteiger partial charge in [-0.15, -0.1) is 0 Å². The van der Waals surface area contributed by atoms with Crippen LogP contribution in [-0.4, -0.2) is 30.7 Å². The number of carboxylic acids is 1. The van der Waals surface area contributed by atoms with E-state index in [0.717, 1.165) is 0 Å². The van der Waals surface area contributed by atoms with Crippen LogP contribution in [0.4, 0.5) is 10.1 Å². The normalized spacial score (nSPS) is 10.0. The third-order valence-corrected chi connectivity index (χ3v) is 1.92. The van der Waals surface area contributed by atoms with Gasteiger partial charge in [-0.05, 0) is 24.3 Å². The molecule has 0 aliphatic heterocycles. The Labute approximate surface area is 87.1 Å². The predicted octanol–water partition coefficient (Wildman–Crippen LogP) is 0.675. The van der Waals surface area contributed by atoms with E-state index in [4.69, 9.17) is 10.8 Å². The molecule has 0 heterocycles. The Bertz CT molecular complexity index is 327. The van der Waals surface area contributed by atoms with Crippen molar-refractivity contribution in [1.29, 1.82) is 0 Å². The Hall–Kier alpha value is -1.62. The standard InChI is InChI=1S/C10H13FN2O2/c11-8-1-3-9(4-2-8)13(6-5-12)7-10(14)15/h1-4H,5-7,12H2,(H,14,15). The number of aliphatic carboxylic acids is 1. The highest BCUT2D eigenvalue weighted by Crippen LogP contribution is 2.13. The summed E-state index contributed by atoms with van der Waals surface area (Å²) in [5.41, 5.74) is 6.02. The zero-order valence-corrected chi connectivity index (χ0v) is 8.19. The Kier molecular flexibility index (Phi) is 4.05. The van der Waals surface area contributed by atoms with Crippen molar-refractivity contribution < 1.29 is 14.3 Å². The van der Waals surface area contributed by atoms with Crippen LogP contribution in [0.25, 0.3) is 0 Å². The van der Waals surface area contributed by atoms with Gasteiger partial charge in [-0.1, -0.05) is 0 Å². The number of halogens is 1. The quantitative estimate of drug-likeness (QED) is 0.753. The van der Waals surface area contributed by atoms with E-state index in [1.54, 1.807) is 4.90 Å². The molecule has 0 unspecified atom stereocenters. The maximum atomic E-state index is 12.6. The highest BCUT2D eigenvalue weighted by molar-refractivity contribution is 5.73. The van der Waals surface area contributed by atoms with Crippen molar-refractivity contribution in [3.8, 4) is 0 Å². The van der Waals surface area contributed by atoms with Crippen molar-refractivity contribution in [1.82, 2.24) is 0 Å². The molecule has 0 atom stereocenters. The molecule has 15 heavy (non-hydrogen) atoms. The molecular formula is C10H13FN2O2. The monoisotopic (exact) mass is 212 g/mol. The van der Waals surface area contributed by atoms with Crippen molar-refractivity contribution in [2.75, 3.05) is 24.5 Å². The number of hydrogen-bond donors (Lipinski definition) is 2. The van der Waals surface area contributed by atoms with Gasteiger partial charge in [0.25, 0.3) is 0 Å². The van der Waals surface area contributed by atoms with E-state index < -0.39 is 5.97 Å². The molecule has 5 heteroatoms. The summed E-state index contributed by atoms with van der Waals surface area (Å²) in [6, 6.07) is 5.66. The first-order valence-corrected chi connectivity index (χ1v) is 4.56. The number of carboxylic acid groups (broad SMARTS) is 1. The summed E-state index contributed by atoms with van der Waals surface area (Å²) in [4.78, 5) is 12.2. The smallest absolute Gasteiger partial charge is 0.323 e. The molecule has 0 bridgehead atoms. The summed E-state index contributed by atoms with van der Waals surface area (Å²) in [6.45, 7) is 0.644. The van der Waals surface area contributed by atoms with Gasteiger partial charge in [0, 0.05) is 18.8 Å². The van der Waals surface area contributed by atoms with Crippen LogP contribution in [0.2, 0.25) is 0 Å². The molecule has 0 saturated carbocycles. The number of nitrogens with zero attached hydrogens (tertiary/aromatic N) is 1. The van der Waals surface area contributed by atoms with E-state index in [9.17, 15) is 9.18 Å². The molecule has 1 aromatic carbocycles. The van der Waals surface area contributed by atoms with Crippen LogP contribution in [0.1, 0.15) is 0 Å². The maximum Gasteiger partial charge on any atom is 0.323 e. The SMILES string of the molecule is NCCN(CC(=O)O)c1ccc(F)cc1. The van der Waals surface area contributed by atoms with Crippen molar-refractivity contribution in [3.63, 3.8) is 0 Å². The minimum atomic E-state index is -0.937. The van der Waals surface area contributed by atoms with Gasteiger partial charge in [0.2, 0.25) is 0 Å². The van der Waals surface area contributed by atoms with E-state index in [1.165, 1.54) is 24.3 Å². The average molecular weight is 212 g/mol. The lowest BCUT2D eigenvalue weighted by atomic mass is 10.2. The summed E-state index contributed by atoms with van der Waals surface area (Å²) in [5, 5.41) is 8.67. The molecule has 0 aliphatic rings. The van der Waals surface area contributed by atoms with Crippen molar-refractivity contribution >= 4 is 11.7 Å². The third kappa shape index (κ3) is 3.55. The van der Waals surface area contributed by atoms with Crippen molar-refractivity contribution in [3.05, 3.63) is 30.1 Å². The van der Waals surface area contributed by atoms with Crippen LogP contribution in [0.5, 0.6) is 0 Å². The molecule has 3 N–H and O–H groups in total. The van der Waals surface area contributed by atoms with Gasteiger partial charge in [0.15, 0.2) is 0 Å². The van der Waals surface area contributed by atoms with Crippen LogP contribution in [0.15, 0.2) is 24.3 Å². The lowest BCUT2D eigenvalue weighted by molar-refractivity contribution is -0.135. The number of rotatable bonds is 5. The first-order chi connectivity index (χ1) is 7.13. The molecule has 0 aliphatic carbocycles.